The van der Waals surface area contributed by atoms with Crippen molar-refractivity contribution in [1.82, 2.24) is 14.7 Å². The Hall–Kier alpha value is -4.08. The lowest BCUT2D eigenvalue weighted by Crippen LogP contribution is -2.33. The molecule has 210 valence electrons. The number of aromatic nitrogens is 2. The maximum absolute atomic E-state index is 15.1. The highest BCUT2D eigenvalue weighted by atomic mass is 19.4. The zero-order chi connectivity index (χ0) is 28.4. The molecule has 10 heteroatoms. The first-order valence-corrected chi connectivity index (χ1v) is 13.1. The van der Waals surface area contributed by atoms with E-state index in [-0.39, 0.29) is 29.9 Å². The van der Waals surface area contributed by atoms with E-state index in [4.69, 9.17) is 4.74 Å². The molecule has 0 radical (unpaired) electrons. The van der Waals surface area contributed by atoms with Crippen LogP contribution in [0.15, 0.2) is 60.8 Å². The molecule has 1 aliphatic heterocycles. The SMILES string of the molecule is Cc1ccn2c(C(=O)NCc3ccc(C4CCN(c5ccc(OCC(F)(F)F)cc5)CC4)c(F)c3)c(C)nc2c1. The van der Waals surface area contributed by atoms with Crippen LogP contribution in [0.4, 0.5) is 23.2 Å². The van der Waals surface area contributed by atoms with E-state index in [9.17, 15) is 18.0 Å². The predicted octanol–water partition coefficient (Wildman–Crippen LogP) is 6.35. The molecule has 4 aromatic rings. The quantitative estimate of drug-likeness (QED) is 0.271. The van der Waals surface area contributed by atoms with E-state index in [1.54, 1.807) is 29.5 Å². The number of hydrogen-bond acceptors (Lipinski definition) is 4. The Labute approximate surface area is 229 Å². The van der Waals surface area contributed by atoms with Crippen molar-refractivity contribution in [3.8, 4) is 5.75 Å². The molecule has 2 aromatic carbocycles. The summed E-state index contributed by atoms with van der Waals surface area (Å²) >= 11 is 0. The van der Waals surface area contributed by atoms with Crippen molar-refractivity contribution in [2.75, 3.05) is 24.6 Å². The van der Waals surface area contributed by atoms with Gasteiger partial charge in [-0.1, -0.05) is 12.1 Å². The third-order valence-electron chi connectivity index (χ3n) is 7.23. The van der Waals surface area contributed by atoms with Gasteiger partial charge in [-0.25, -0.2) is 9.37 Å². The summed E-state index contributed by atoms with van der Waals surface area (Å²) < 4.78 is 58.7. The number of amides is 1. The Morgan fingerprint density at radius 1 is 1.05 bits per heavy atom. The molecule has 0 saturated carbocycles. The number of carbonyl (C=O) groups is 1. The number of nitrogens with zero attached hydrogens (tertiary/aromatic N) is 3. The van der Waals surface area contributed by atoms with Crippen molar-refractivity contribution in [3.63, 3.8) is 0 Å². The molecule has 3 heterocycles. The Morgan fingerprint density at radius 2 is 1.77 bits per heavy atom. The molecule has 6 nitrogen and oxygen atoms in total. The maximum Gasteiger partial charge on any atom is 0.422 e. The van der Waals surface area contributed by atoms with Gasteiger partial charge in [-0.05, 0) is 91.8 Å². The van der Waals surface area contributed by atoms with E-state index in [0.717, 1.165) is 24.1 Å². The zero-order valence-electron chi connectivity index (χ0n) is 22.3. The first kappa shape index (κ1) is 27.5. The van der Waals surface area contributed by atoms with Crippen LogP contribution in [0.5, 0.6) is 5.75 Å². The molecule has 0 spiro atoms. The number of rotatable bonds is 7. The van der Waals surface area contributed by atoms with Gasteiger partial charge in [-0.3, -0.25) is 9.20 Å². The summed E-state index contributed by atoms with van der Waals surface area (Å²) in [6.45, 7) is 4.02. The van der Waals surface area contributed by atoms with Gasteiger partial charge in [0.15, 0.2) is 6.61 Å². The summed E-state index contributed by atoms with van der Waals surface area (Å²) in [6.07, 6.45) is -1.07. The minimum Gasteiger partial charge on any atom is -0.484 e. The lowest BCUT2D eigenvalue weighted by atomic mass is 9.88. The number of anilines is 1. The number of fused-ring (bicyclic) bond motifs is 1. The number of halogens is 4. The number of pyridine rings is 1. The lowest BCUT2D eigenvalue weighted by Gasteiger charge is -2.34. The molecule has 1 saturated heterocycles. The van der Waals surface area contributed by atoms with Gasteiger partial charge in [-0.2, -0.15) is 13.2 Å². The number of benzene rings is 2. The van der Waals surface area contributed by atoms with Crippen LogP contribution in [-0.4, -0.2) is 41.2 Å². The summed E-state index contributed by atoms with van der Waals surface area (Å²) in [5, 5.41) is 2.88. The van der Waals surface area contributed by atoms with Crippen LogP contribution in [0.25, 0.3) is 5.65 Å². The van der Waals surface area contributed by atoms with E-state index in [2.05, 4.69) is 15.2 Å². The van der Waals surface area contributed by atoms with Crippen LogP contribution in [0.3, 0.4) is 0 Å². The monoisotopic (exact) mass is 554 g/mol. The van der Waals surface area contributed by atoms with Gasteiger partial charge >= 0.3 is 6.18 Å². The molecule has 40 heavy (non-hydrogen) atoms. The topological polar surface area (TPSA) is 58.9 Å². The fraction of sp³-hybridized carbons (Fsp3) is 0.333. The minimum atomic E-state index is -4.38. The van der Waals surface area contributed by atoms with Gasteiger partial charge in [0, 0.05) is 31.5 Å². The molecule has 0 atom stereocenters. The van der Waals surface area contributed by atoms with Gasteiger partial charge in [-0.15, -0.1) is 0 Å². The van der Waals surface area contributed by atoms with Crippen LogP contribution in [0.2, 0.25) is 0 Å². The van der Waals surface area contributed by atoms with Gasteiger partial charge in [0.2, 0.25) is 0 Å². The van der Waals surface area contributed by atoms with Gasteiger partial charge < -0.3 is 15.0 Å². The smallest absolute Gasteiger partial charge is 0.422 e. The number of imidazole rings is 1. The summed E-state index contributed by atoms with van der Waals surface area (Å²) in [5.74, 6) is -0.347. The Bertz CT molecular complexity index is 1510. The van der Waals surface area contributed by atoms with E-state index in [1.165, 1.54) is 18.2 Å². The number of hydrogen-bond donors (Lipinski definition) is 1. The average Bonchev–Trinajstić information content (AvgIpc) is 3.25. The second kappa shape index (κ2) is 11.2. The molecule has 1 N–H and O–H groups in total. The highest BCUT2D eigenvalue weighted by Crippen LogP contribution is 2.33. The maximum atomic E-state index is 15.1. The molecule has 1 amide bonds. The summed E-state index contributed by atoms with van der Waals surface area (Å²) in [6, 6.07) is 15.5. The average molecular weight is 555 g/mol. The largest absolute Gasteiger partial charge is 0.484 e. The second-order valence-electron chi connectivity index (χ2n) is 10.2. The van der Waals surface area contributed by atoms with Gasteiger partial charge in [0.1, 0.15) is 22.9 Å². The molecular formula is C30H30F4N4O2. The van der Waals surface area contributed by atoms with Crippen molar-refractivity contribution in [1.29, 1.82) is 0 Å². The van der Waals surface area contributed by atoms with Crippen LogP contribution in [0, 0.1) is 19.7 Å². The second-order valence-corrected chi connectivity index (χ2v) is 10.2. The number of piperidine rings is 1. The highest BCUT2D eigenvalue weighted by molar-refractivity contribution is 5.94. The van der Waals surface area contributed by atoms with Crippen LogP contribution in [0.1, 0.15) is 51.6 Å². The zero-order valence-corrected chi connectivity index (χ0v) is 22.3. The van der Waals surface area contributed by atoms with Crippen molar-refractivity contribution < 1.29 is 27.1 Å². The predicted molar refractivity (Wildman–Crippen MR) is 144 cm³/mol. The Kier molecular flexibility index (Phi) is 7.69. The number of ether oxygens (including phenoxy) is 1. The van der Waals surface area contributed by atoms with Crippen LogP contribution >= 0.6 is 0 Å². The van der Waals surface area contributed by atoms with Crippen molar-refractivity contribution in [3.05, 3.63) is 94.7 Å². The molecule has 0 bridgehead atoms. The first-order valence-electron chi connectivity index (χ1n) is 13.1. The molecule has 1 aliphatic rings. The normalized spacial score (nSPS) is 14.5. The Balaban J connectivity index is 1.16. The molecule has 1 fully saturated rings. The third-order valence-corrected chi connectivity index (χ3v) is 7.23. The number of alkyl halides is 3. The van der Waals surface area contributed by atoms with E-state index < -0.39 is 12.8 Å². The fourth-order valence-electron chi connectivity index (χ4n) is 5.18. The molecule has 0 aliphatic carbocycles. The summed E-state index contributed by atoms with van der Waals surface area (Å²) in [7, 11) is 0. The summed E-state index contributed by atoms with van der Waals surface area (Å²) in [4.78, 5) is 19.5. The van der Waals surface area contributed by atoms with Crippen LogP contribution < -0.4 is 15.0 Å². The van der Waals surface area contributed by atoms with Crippen molar-refractivity contribution >= 4 is 17.2 Å². The summed E-state index contributed by atoms with van der Waals surface area (Å²) in [5.41, 5.74) is 5.05. The van der Waals surface area contributed by atoms with Crippen LogP contribution in [-0.2, 0) is 6.54 Å². The van der Waals surface area contributed by atoms with Gasteiger partial charge in [0.05, 0.1) is 5.69 Å². The van der Waals surface area contributed by atoms with Crippen molar-refractivity contribution in [2.45, 2.75) is 45.3 Å². The van der Waals surface area contributed by atoms with E-state index in [0.29, 0.717) is 41.3 Å². The highest BCUT2D eigenvalue weighted by Gasteiger charge is 2.28. The molecular weight excluding hydrogens is 524 g/mol. The molecule has 5 rings (SSSR count). The van der Waals surface area contributed by atoms with E-state index >= 15 is 4.39 Å². The fourth-order valence-corrected chi connectivity index (χ4v) is 5.18. The Morgan fingerprint density at radius 3 is 2.45 bits per heavy atom. The van der Waals surface area contributed by atoms with Crippen molar-refractivity contribution in [2.24, 2.45) is 0 Å². The standard InChI is InChI=1S/C30H30F4N4O2/c1-19-9-14-38-27(15-19)36-20(2)28(38)29(39)35-17-21-3-8-25(26(31)16-21)22-10-12-37(13-11-22)23-4-6-24(7-5-23)40-18-30(32,33)34/h3-9,14-16,22H,10-13,17-18H2,1-2H3,(H,35,39). The third kappa shape index (κ3) is 6.21. The molecule has 0 unspecified atom stereocenters. The number of carbonyl (C=O) groups excluding carboxylic acids is 1. The minimum absolute atomic E-state index is 0.0542. The van der Waals surface area contributed by atoms with Gasteiger partial charge in [0.25, 0.3) is 5.91 Å². The van der Waals surface area contributed by atoms with E-state index in [1.807, 2.05) is 31.3 Å². The number of aryl methyl sites for hydroxylation is 2. The molecule has 2 aromatic heterocycles. The lowest BCUT2D eigenvalue weighted by molar-refractivity contribution is -0.153. The first-order chi connectivity index (χ1) is 19.1. The number of nitrogens with one attached hydrogen (secondary N) is 1.